The standard InChI is InChI=1S/C19H25NO3/c1-15(2)14-23-17-8-6-7-16(13-17)20-11-12-22-19-10-5-4-9-18(19)21-3/h4-10,13,15,20H,11-12,14H2,1-3H3. The van der Waals surface area contributed by atoms with Crippen LogP contribution in [0.15, 0.2) is 48.5 Å². The molecule has 0 saturated carbocycles. The topological polar surface area (TPSA) is 39.7 Å². The minimum absolute atomic E-state index is 0.515. The monoisotopic (exact) mass is 315 g/mol. The number of para-hydroxylation sites is 2. The van der Waals surface area contributed by atoms with Crippen LogP contribution >= 0.6 is 0 Å². The van der Waals surface area contributed by atoms with Gasteiger partial charge >= 0.3 is 0 Å². The second-order valence-electron chi connectivity index (χ2n) is 5.66. The molecular formula is C19H25NO3. The highest BCUT2D eigenvalue weighted by molar-refractivity contribution is 5.48. The molecule has 0 spiro atoms. The molecule has 23 heavy (non-hydrogen) atoms. The van der Waals surface area contributed by atoms with Crippen LogP contribution in [-0.4, -0.2) is 26.9 Å². The SMILES string of the molecule is COc1ccccc1OCCNc1cccc(OCC(C)C)c1. The third-order valence-corrected chi connectivity index (χ3v) is 3.18. The largest absolute Gasteiger partial charge is 0.493 e. The summed E-state index contributed by atoms with van der Waals surface area (Å²) >= 11 is 0. The van der Waals surface area contributed by atoms with Crippen molar-refractivity contribution < 1.29 is 14.2 Å². The van der Waals surface area contributed by atoms with E-state index in [0.29, 0.717) is 19.1 Å². The first-order chi connectivity index (χ1) is 11.2. The van der Waals surface area contributed by atoms with Gasteiger partial charge in [0.2, 0.25) is 0 Å². The molecule has 124 valence electrons. The Morgan fingerprint density at radius 3 is 2.48 bits per heavy atom. The average Bonchev–Trinajstić information content (AvgIpc) is 2.57. The molecule has 4 heteroatoms. The molecular weight excluding hydrogens is 290 g/mol. The molecule has 2 aromatic carbocycles. The van der Waals surface area contributed by atoms with E-state index in [0.717, 1.165) is 29.5 Å². The van der Waals surface area contributed by atoms with Gasteiger partial charge in [0.1, 0.15) is 12.4 Å². The highest BCUT2D eigenvalue weighted by atomic mass is 16.5. The Morgan fingerprint density at radius 2 is 1.74 bits per heavy atom. The lowest BCUT2D eigenvalue weighted by molar-refractivity contribution is 0.271. The number of benzene rings is 2. The van der Waals surface area contributed by atoms with Gasteiger partial charge in [0.05, 0.1) is 13.7 Å². The average molecular weight is 315 g/mol. The predicted octanol–water partition coefficient (Wildman–Crippen LogP) is 4.22. The van der Waals surface area contributed by atoms with E-state index in [2.05, 4.69) is 19.2 Å². The molecule has 0 unspecified atom stereocenters. The van der Waals surface area contributed by atoms with Gasteiger partial charge in [0.15, 0.2) is 11.5 Å². The van der Waals surface area contributed by atoms with E-state index in [4.69, 9.17) is 14.2 Å². The molecule has 0 aromatic heterocycles. The third kappa shape index (κ3) is 5.74. The first-order valence-electron chi connectivity index (χ1n) is 7.91. The lowest BCUT2D eigenvalue weighted by atomic mass is 10.2. The summed E-state index contributed by atoms with van der Waals surface area (Å²) in [7, 11) is 1.64. The minimum atomic E-state index is 0.515. The van der Waals surface area contributed by atoms with E-state index in [1.165, 1.54) is 0 Å². The van der Waals surface area contributed by atoms with Gasteiger partial charge in [-0.3, -0.25) is 0 Å². The molecule has 0 aliphatic heterocycles. The summed E-state index contributed by atoms with van der Waals surface area (Å²) in [4.78, 5) is 0. The van der Waals surface area contributed by atoms with Crippen molar-refractivity contribution in [2.24, 2.45) is 5.92 Å². The van der Waals surface area contributed by atoms with E-state index in [-0.39, 0.29) is 0 Å². The van der Waals surface area contributed by atoms with Gasteiger partial charge in [0.25, 0.3) is 0 Å². The summed E-state index contributed by atoms with van der Waals surface area (Å²) in [5.74, 6) is 2.90. The van der Waals surface area contributed by atoms with Crippen LogP contribution in [0.2, 0.25) is 0 Å². The first kappa shape index (κ1) is 17.0. The van der Waals surface area contributed by atoms with Crippen molar-refractivity contribution in [2.75, 3.05) is 32.2 Å². The molecule has 0 bridgehead atoms. The second-order valence-corrected chi connectivity index (χ2v) is 5.66. The summed E-state index contributed by atoms with van der Waals surface area (Å²) < 4.78 is 16.7. The fraction of sp³-hybridized carbons (Fsp3) is 0.368. The quantitative estimate of drug-likeness (QED) is 0.703. The Morgan fingerprint density at radius 1 is 0.957 bits per heavy atom. The van der Waals surface area contributed by atoms with Crippen molar-refractivity contribution in [1.82, 2.24) is 0 Å². The molecule has 0 heterocycles. The third-order valence-electron chi connectivity index (χ3n) is 3.18. The van der Waals surface area contributed by atoms with Gasteiger partial charge in [-0.1, -0.05) is 32.0 Å². The Hall–Kier alpha value is -2.36. The first-order valence-corrected chi connectivity index (χ1v) is 7.91. The fourth-order valence-corrected chi connectivity index (χ4v) is 2.05. The van der Waals surface area contributed by atoms with Crippen molar-refractivity contribution in [1.29, 1.82) is 0 Å². The van der Waals surface area contributed by atoms with Crippen LogP contribution in [0.3, 0.4) is 0 Å². The van der Waals surface area contributed by atoms with Crippen LogP contribution < -0.4 is 19.5 Å². The number of nitrogens with one attached hydrogen (secondary N) is 1. The van der Waals surface area contributed by atoms with E-state index < -0.39 is 0 Å². The van der Waals surface area contributed by atoms with Gasteiger partial charge in [-0.05, 0) is 30.2 Å². The van der Waals surface area contributed by atoms with Gasteiger partial charge in [-0.2, -0.15) is 0 Å². The van der Waals surface area contributed by atoms with Crippen LogP contribution in [-0.2, 0) is 0 Å². The summed E-state index contributed by atoms with van der Waals surface area (Å²) in [6.07, 6.45) is 0. The molecule has 0 radical (unpaired) electrons. The molecule has 0 amide bonds. The number of ether oxygens (including phenoxy) is 3. The number of hydrogen-bond acceptors (Lipinski definition) is 4. The lowest BCUT2D eigenvalue weighted by Crippen LogP contribution is -2.12. The van der Waals surface area contributed by atoms with Crippen LogP contribution in [0.1, 0.15) is 13.8 Å². The zero-order valence-corrected chi connectivity index (χ0v) is 14.0. The molecule has 0 fully saturated rings. The zero-order valence-electron chi connectivity index (χ0n) is 14.0. The Balaban J connectivity index is 1.79. The summed E-state index contributed by atoms with van der Waals surface area (Å²) in [6, 6.07) is 15.6. The predicted molar refractivity (Wildman–Crippen MR) is 93.8 cm³/mol. The molecule has 0 saturated heterocycles. The molecule has 0 aliphatic rings. The Labute approximate surface area is 138 Å². The van der Waals surface area contributed by atoms with E-state index in [9.17, 15) is 0 Å². The van der Waals surface area contributed by atoms with Crippen LogP contribution in [0.25, 0.3) is 0 Å². The molecule has 2 rings (SSSR count). The Kier molecular flexibility index (Phi) is 6.60. The molecule has 0 atom stereocenters. The number of hydrogen-bond donors (Lipinski definition) is 1. The van der Waals surface area contributed by atoms with Gasteiger partial charge in [0, 0.05) is 18.3 Å². The van der Waals surface area contributed by atoms with Crippen molar-refractivity contribution in [3.05, 3.63) is 48.5 Å². The maximum Gasteiger partial charge on any atom is 0.161 e. The van der Waals surface area contributed by atoms with Crippen LogP contribution in [0, 0.1) is 5.92 Å². The van der Waals surface area contributed by atoms with Gasteiger partial charge in [-0.15, -0.1) is 0 Å². The normalized spacial score (nSPS) is 10.4. The maximum absolute atomic E-state index is 5.74. The molecule has 0 aliphatic carbocycles. The highest BCUT2D eigenvalue weighted by Crippen LogP contribution is 2.25. The highest BCUT2D eigenvalue weighted by Gasteiger charge is 2.02. The van der Waals surface area contributed by atoms with E-state index in [1.54, 1.807) is 7.11 Å². The zero-order chi connectivity index (χ0) is 16.5. The lowest BCUT2D eigenvalue weighted by Gasteiger charge is -2.13. The van der Waals surface area contributed by atoms with Crippen molar-refractivity contribution in [3.63, 3.8) is 0 Å². The summed E-state index contributed by atoms with van der Waals surface area (Å²) in [6.45, 7) is 6.25. The van der Waals surface area contributed by atoms with E-state index >= 15 is 0 Å². The molecule has 4 nitrogen and oxygen atoms in total. The van der Waals surface area contributed by atoms with Gasteiger partial charge in [-0.25, -0.2) is 0 Å². The molecule has 2 aromatic rings. The van der Waals surface area contributed by atoms with Crippen molar-refractivity contribution in [2.45, 2.75) is 13.8 Å². The van der Waals surface area contributed by atoms with Crippen molar-refractivity contribution in [3.8, 4) is 17.2 Å². The Bertz CT molecular complexity index is 599. The number of anilines is 1. The van der Waals surface area contributed by atoms with E-state index in [1.807, 2.05) is 48.5 Å². The van der Waals surface area contributed by atoms with Gasteiger partial charge < -0.3 is 19.5 Å². The second kappa shape index (κ2) is 8.93. The van der Waals surface area contributed by atoms with Crippen LogP contribution in [0.5, 0.6) is 17.2 Å². The smallest absolute Gasteiger partial charge is 0.161 e. The minimum Gasteiger partial charge on any atom is -0.493 e. The molecule has 1 N–H and O–H groups in total. The number of methoxy groups -OCH3 is 1. The summed E-state index contributed by atoms with van der Waals surface area (Å²) in [5, 5.41) is 3.33. The fourth-order valence-electron chi connectivity index (χ4n) is 2.05. The number of rotatable bonds is 9. The van der Waals surface area contributed by atoms with Crippen LogP contribution in [0.4, 0.5) is 5.69 Å². The van der Waals surface area contributed by atoms with Crippen molar-refractivity contribution >= 4 is 5.69 Å². The summed E-state index contributed by atoms with van der Waals surface area (Å²) in [5.41, 5.74) is 1.02. The maximum atomic E-state index is 5.74.